The molecular formula is C33H47FN3O5P. The number of hydrogen-bond acceptors (Lipinski definition) is 7. The van der Waals surface area contributed by atoms with E-state index in [1.165, 1.54) is 5.56 Å². The Morgan fingerprint density at radius 2 is 2.00 bits per heavy atom. The second kappa shape index (κ2) is 15.0. The average Bonchev–Trinajstić information content (AvgIpc) is 3.49. The van der Waals surface area contributed by atoms with Gasteiger partial charge in [-0.15, -0.1) is 9.24 Å². The van der Waals surface area contributed by atoms with Crippen LogP contribution in [0.25, 0.3) is 0 Å². The second-order valence-corrected chi connectivity index (χ2v) is 13.0. The van der Waals surface area contributed by atoms with Gasteiger partial charge in [0, 0.05) is 62.2 Å². The van der Waals surface area contributed by atoms with Gasteiger partial charge in [0.1, 0.15) is 29.5 Å². The van der Waals surface area contributed by atoms with Crippen molar-refractivity contribution in [3.8, 4) is 11.5 Å². The number of ether oxygens (including phenoxy) is 3. The van der Waals surface area contributed by atoms with E-state index in [-0.39, 0.29) is 5.92 Å². The van der Waals surface area contributed by atoms with Crippen molar-refractivity contribution in [2.45, 2.75) is 70.0 Å². The molecule has 2 aromatic rings. The quantitative estimate of drug-likeness (QED) is 0.250. The largest absolute Gasteiger partial charge is 0.496 e. The molecule has 0 aliphatic carbocycles. The Bertz CT molecular complexity index is 1240. The number of likely N-dealkylation sites (tertiary alicyclic amines) is 1. The van der Waals surface area contributed by atoms with E-state index in [9.17, 15) is 9.90 Å². The molecule has 0 spiro atoms. The molecule has 5 rings (SSSR count). The molecule has 0 bridgehead atoms. The van der Waals surface area contributed by atoms with Crippen LogP contribution in [0.5, 0.6) is 11.5 Å². The summed E-state index contributed by atoms with van der Waals surface area (Å²) in [6, 6.07) is 6.83. The number of unbranched alkanes of at least 4 members (excludes halogenated alkanes) is 1. The molecule has 8 nitrogen and oxygen atoms in total. The van der Waals surface area contributed by atoms with Gasteiger partial charge < -0.3 is 24.2 Å². The van der Waals surface area contributed by atoms with Crippen molar-refractivity contribution < 1.29 is 28.5 Å². The highest BCUT2D eigenvalue weighted by Gasteiger charge is 2.38. The summed E-state index contributed by atoms with van der Waals surface area (Å²) in [6.45, 7) is 3.98. The number of carboxylic acid groups (broad SMARTS) is 1. The van der Waals surface area contributed by atoms with E-state index in [4.69, 9.17) is 19.2 Å². The molecule has 4 unspecified atom stereocenters. The Morgan fingerprint density at radius 1 is 1.19 bits per heavy atom. The number of rotatable bonds is 13. The Kier molecular flexibility index (Phi) is 11.1. The third-order valence-electron chi connectivity index (χ3n) is 9.29. The first-order valence-corrected chi connectivity index (χ1v) is 16.4. The molecule has 2 fully saturated rings. The smallest absolute Gasteiger partial charge is 0.325 e. The van der Waals surface area contributed by atoms with Gasteiger partial charge in [-0.1, -0.05) is 12.5 Å². The molecule has 4 heterocycles. The van der Waals surface area contributed by atoms with Crippen LogP contribution in [0.1, 0.15) is 67.8 Å². The van der Waals surface area contributed by atoms with Gasteiger partial charge in [0.2, 0.25) is 0 Å². The zero-order chi connectivity index (χ0) is 30.3. The zero-order valence-electron chi connectivity index (χ0n) is 25.6. The molecule has 0 radical (unpaired) electrons. The summed E-state index contributed by atoms with van der Waals surface area (Å²) in [5, 5.41) is 11.2. The first-order valence-electron chi connectivity index (χ1n) is 15.8. The second-order valence-electron chi connectivity index (χ2n) is 12.4. The standard InChI is InChI=1S/C33H47FN3O5P/c1-36-14-5-7-26-30(40-2)18-24(35-32(26)36)6-3-4-8-28(34)23-11-15-37(20-23)31(33(38)39)27-19-25(43)9-10-29(27)42-21-22-12-16-41-17-13-22/h9-10,18-19,22-23,28,31H,3-8,11-17,20-21,43H2,1-2H3,(H,38,39). The van der Waals surface area contributed by atoms with Crippen LogP contribution in [0.4, 0.5) is 10.2 Å². The maximum Gasteiger partial charge on any atom is 0.325 e. The highest BCUT2D eigenvalue weighted by Crippen LogP contribution is 2.37. The lowest BCUT2D eigenvalue weighted by atomic mass is 9.97. The van der Waals surface area contributed by atoms with Crippen LogP contribution >= 0.6 is 9.24 Å². The summed E-state index contributed by atoms with van der Waals surface area (Å²) in [4.78, 5) is 21.6. The lowest BCUT2D eigenvalue weighted by Gasteiger charge is -2.28. The fourth-order valence-corrected chi connectivity index (χ4v) is 7.07. The fraction of sp³-hybridized carbons (Fsp3) is 0.636. The molecule has 2 saturated heterocycles. The van der Waals surface area contributed by atoms with Gasteiger partial charge in [-0.05, 0) is 81.3 Å². The van der Waals surface area contributed by atoms with E-state index in [0.29, 0.717) is 49.8 Å². The maximum absolute atomic E-state index is 15.5. The number of halogens is 1. The van der Waals surface area contributed by atoms with Gasteiger partial charge in [-0.25, -0.2) is 9.37 Å². The number of aromatic nitrogens is 1. The minimum atomic E-state index is -0.964. The molecule has 3 aliphatic rings. The van der Waals surface area contributed by atoms with Crippen LogP contribution in [0.3, 0.4) is 0 Å². The molecular weight excluding hydrogens is 568 g/mol. The number of carboxylic acids is 1. The SMILES string of the molecule is COc1cc(CCCCC(F)C2CCN(C(C(=O)O)c3cc(P)ccc3OCC3CCOCC3)C2)nc2c1CCCN2C. The van der Waals surface area contributed by atoms with Crippen molar-refractivity contribution in [1.82, 2.24) is 9.88 Å². The van der Waals surface area contributed by atoms with Crippen molar-refractivity contribution >= 4 is 26.3 Å². The third-order valence-corrected chi connectivity index (χ3v) is 9.65. The van der Waals surface area contributed by atoms with Gasteiger partial charge in [0.15, 0.2) is 0 Å². The molecule has 0 saturated carbocycles. The molecule has 43 heavy (non-hydrogen) atoms. The van der Waals surface area contributed by atoms with Crippen LogP contribution in [0, 0.1) is 11.8 Å². The highest BCUT2D eigenvalue weighted by atomic mass is 31.0. The van der Waals surface area contributed by atoms with Crippen molar-refractivity contribution in [3.63, 3.8) is 0 Å². The number of methoxy groups -OCH3 is 1. The number of hydrogen-bond donors (Lipinski definition) is 1. The summed E-state index contributed by atoms with van der Waals surface area (Å²) in [6.07, 6.45) is 6.52. The van der Waals surface area contributed by atoms with Gasteiger partial charge in [0.05, 0.1) is 13.7 Å². The van der Waals surface area contributed by atoms with Gasteiger partial charge >= 0.3 is 5.97 Å². The van der Waals surface area contributed by atoms with Gasteiger partial charge in [-0.3, -0.25) is 9.69 Å². The van der Waals surface area contributed by atoms with Crippen LogP contribution in [-0.2, 0) is 22.4 Å². The number of alkyl halides is 1. The predicted octanol–water partition coefficient (Wildman–Crippen LogP) is 4.98. The number of aryl methyl sites for hydroxylation is 1. The number of carbonyl (C=O) groups is 1. The Morgan fingerprint density at radius 3 is 2.77 bits per heavy atom. The van der Waals surface area contributed by atoms with Gasteiger partial charge in [0.25, 0.3) is 0 Å². The molecule has 1 aromatic carbocycles. The number of fused-ring (bicyclic) bond motifs is 1. The van der Waals surface area contributed by atoms with Crippen LogP contribution < -0.4 is 19.7 Å². The van der Waals surface area contributed by atoms with Gasteiger partial charge in [-0.2, -0.15) is 0 Å². The highest BCUT2D eigenvalue weighted by molar-refractivity contribution is 7.27. The topological polar surface area (TPSA) is 84.4 Å². The normalized spacial score (nSPS) is 20.9. The summed E-state index contributed by atoms with van der Waals surface area (Å²) in [7, 11) is 6.43. The molecule has 236 valence electrons. The number of nitrogens with zero attached hydrogens (tertiary/aromatic N) is 3. The fourth-order valence-electron chi connectivity index (χ4n) is 6.79. The van der Waals surface area contributed by atoms with E-state index < -0.39 is 18.2 Å². The predicted molar refractivity (Wildman–Crippen MR) is 170 cm³/mol. The summed E-state index contributed by atoms with van der Waals surface area (Å²) < 4.78 is 32.8. The van der Waals surface area contributed by atoms with E-state index in [2.05, 4.69) is 21.2 Å². The van der Waals surface area contributed by atoms with E-state index in [0.717, 1.165) is 87.3 Å². The van der Waals surface area contributed by atoms with Crippen LogP contribution in [0.15, 0.2) is 24.3 Å². The lowest BCUT2D eigenvalue weighted by molar-refractivity contribution is -0.143. The van der Waals surface area contributed by atoms with E-state index in [1.54, 1.807) is 7.11 Å². The number of benzene rings is 1. The minimum absolute atomic E-state index is 0.178. The Labute approximate surface area is 257 Å². The molecule has 3 aliphatic heterocycles. The molecule has 10 heteroatoms. The van der Waals surface area contributed by atoms with Crippen LogP contribution in [0.2, 0.25) is 0 Å². The minimum Gasteiger partial charge on any atom is -0.496 e. The zero-order valence-corrected chi connectivity index (χ0v) is 26.8. The first kappa shape index (κ1) is 31.9. The summed E-state index contributed by atoms with van der Waals surface area (Å²) in [5.74, 6) is 1.80. The van der Waals surface area contributed by atoms with Crippen molar-refractivity contribution in [2.24, 2.45) is 11.8 Å². The van der Waals surface area contributed by atoms with Crippen LogP contribution in [-0.4, -0.2) is 80.7 Å². The van der Waals surface area contributed by atoms with E-state index in [1.807, 2.05) is 29.2 Å². The first-order chi connectivity index (χ1) is 20.8. The monoisotopic (exact) mass is 615 g/mol. The van der Waals surface area contributed by atoms with Crippen molar-refractivity contribution in [2.75, 3.05) is 58.5 Å². The lowest BCUT2D eigenvalue weighted by Crippen LogP contribution is -2.34. The molecule has 1 N–H and O–H groups in total. The van der Waals surface area contributed by atoms with Crippen molar-refractivity contribution in [3.05, 3.63) is 41.1 Å². The average molecular weight is 616 g/mol. The molecule has 1 aromatic heterocycles. The number of pyridine rings is 1. The number of anilines is 1. The summed E-state index contributed by atoms with van der Waals surface area (Å²) in [5.41, 5.74) is 2.81. The van der Waals surface area contributed by atoms with E-state index >= 15 is 4.39 Å². The number of aliphatic carboxylic acids is 1. The Balaban J connectivity index is 1.15. The van der Waals surface area contributed by atoms with Crippen molar-refractivity contribution in [1.29, 1.82) is 0 Å². The third kappa shape index (κ3) is 7.98. The maximum atomic E-state index is 15.5. The molecule has 4 atom stereocenters. The Hall–Kier alpha value is -2.48. The summed E-state index contributed by atoms with van der Waals surface area (Å²) >= 11 is 0. The molecule has 0 amide bonds.